The number of rotatable bonds is 2. The van der Waals surface area contributed by atoms with Crippen LogP contribution in [0.25, 0.3) is 5.69 Å². The van der Waals surface area contributed by atoms with Crippen LogP contribution in [-0.2, 0) is 6.18 Å². The van der Waals surface area contributed by atoms with Crippen molar-refractivity contribution in [2.45, 2.75) is 12.2 Å². The second-order valence-corrected chi connectivity index (χ2v) is 4.55. The molecule has 1 aliphatic rings. The Morgan fingerprint density at radius 1 is 1.40 bits per heavy atom. The van der Waals surface area contributed by atoms with Crippen LogP contribution in [0.4, 0.5) is 13.2 Å². The zero-order valence-corrected chi connectivity index (χ0v) is 10.6. The van der Waals surface area contributed by atoms with E-state index in [2.05, 4.69) is 10.4 Å². The number of nitrogens with zero attached hydrogens (tertiary/aromatic N) is 2. The molecule has 0 radical (unpaired) electrons. The fourth-order valence-electron chi connectivity index (χ4n) is 2.19. The van der Waals surface area contributed by atoms with E-state index in [0.29, 0.717) is 18.0 Å². The first kappa shape index (κ1) is 13.0. The van der Waals surface area contributed by atoms with Crippen LogP contribution in [0.2, 0.25) is 0 Å². The van der Waals surface area contributed by atoms with Crippen molar-refractivity contribution in [1.82, 2.24) is 15.1 Å². The fraction of sp³-hybridized carbons (Fsp3) is 0.308. The van der Waals surface area contributed by atoms with E-state index in [4.69, 9.17) is 4.74 Å². The van der Waals surface area contributed by atoms with Gasteiger partial charge in [0.2, 0.25) is 0 Å². The van der Waals surface area contributed by atoms with E-state index in [-0.39, 0.29) is 6.04 Å². The molecule has 0 amide bonds. The summed E-state index contributed by atoms with van der Waals surface area (Å²) in [6.07, 6.45) is -2.61. The molecule has 0 saturated carbocycles. The molecule has 106 valence electrons. The quantitative estimate of drug-likeness (QED) is 0.920. The van der Waals surface area contributed by atoms with Crippen LogP contribution in [0.1, 0.15) is 17.2 Å². The maximum absolute atomic E-state index is 12.5. The Kier molecular flexibility index (Phi) is 2.93. The lowest BCUT2D eigenvalue weighted by Gasteiger charge is -2.07. The average molecular weight is 283 g/mol. The van der Waals surface area contributed by atoms with Gasteiger partial charge in [0.1, 0.15) is 12.4 Å². The minimum Gasteiger partial charge on any atom is -0.491 e. The molecule has 1 aromatic carbocycles. The van der Waals surface area contributed by atoms with Gasteiger partial charge in [0.25, 0.3) is 0 Å². The molecule has 1 aromatic heterocycles. The van der Waals surface area contributed by atoms with Crippen molar-refractivity contribution in [3.63, 3.8) is 0 Å². The van der Waals surface area contributed by atoms with Crippen molar-refractivity contribution < 1.29 is 17.9 Å². The molecule has 0 saturated heterocycles. The van der Waals surface area contributed by atoms with Gasteiger partial charge in [-0.3, -0.25) is 0 Å². The third-order valence-electron chi connectivity index (χ3n) is 3.30. The number of benzene rings is 1. The second-order valence-electron chi connectivity index (χ2n) is 4.55. The molecule has 1 N–H and O–H groups in total. The molecule has 0 spiro atoms. The highest BCUT2D eigenvalue weighted by Gasteiger charge is 2.32. The molecular formula is C13H12F3N3O. The van der Waals surface area contributed by atoms with Gasteiger partial charge in [-0.15, -0.1) is 0 Å². The summed E-state index contributed by atoms with van der Waals surface area (Å²) in [5.41, 5.74) is 0.766. The lowest BCUT2D eigenvalue weighted by atomic mass is 10.1. The van der Waals surface area contributed by atoms with Gasteiger partial charge in [-0.05, 0) is 13.1 Å². The standard InChI is InChI=1S/C13H12F3N3O/c1-17-11-7-20-12-4-9(2-3-10(11)12)19-6-8(5-18-19)13(14,15)16/h2-6,11,17H,7H2,1H3/t11-/m1/s1. The van der Waals surface area contributed by atoms with Crippen molar-refractivity contribution >= 4 is 0 Å². The Hall–Kier alpha value is -2.02. The Morgan fingerprint density at radius 3 is 2.85 bits per heavy atom. The van der Waals surface area contributed by atoms with E-state index in [1.165, 1.54) is 4.68 Å². The topological polar surface area (TPSA) is 39.1 Å². The van der Waals surface area contributed by atoms with E-state index in [1.807, 2.05) is 13.1 Å². The van der Waals surface area contributed by atoms with Crippen LogP contribution in [0, 0.1) is 0 Å². The summed E-state index contributed by atoms with van der Waals surface area (Å²) in [6.45, 7) is 0.516. The van der Waals surface area contributed by atoms with E-state index in [9.17, 15) is 13.2 Å². The number of aromatic nitrogens is 2. The number of nitrogens with one attached hydrogen (secondary N) is 1. The molecule has 0 fully saturated rings. The van der Waals surface area contributed by atoms with E-state index < -0.39 is 11.7 Å². The summed E-state index contributed by atoms with van der Waals surface area (Å²) in [5, 5.41) is 6.85. The van der Waals surface area contributed by atoms with Crippen LogP contribution in [0.3, 0.4) is 0 Å². The number of fused-ring (bicyclic) bond motifs is 1. The molecule has 0 bridgehead atoms. The SMILES string of the molecule is CN[C@@H]1COc2cc(-n3cc(C(F)(F)F)cn3)ccc21. The van der Waals surface area contributed by atoms with Gasteiger partial charge in [-0.25, -0.2) is 4.68 Å². The molecule has 0 unspecified atom stereocenters. The minimum absolute atomic E-state index is 0.113. The van der Waals surface area contributed by atoms with Crippen LogP contribution in [0.15, 0.2) is 30.6 Å². The molecule has 1 aliphatic heterocycles. The number of hydrogen-bond acceptors (Lipinski definition) is 3. The second kappa shape index (κ2) is 4.52. The lowest BCUT2D eigenvalue weighted by Crippen LogP contribution is -2.17. The Labute approximate surface area is 113 Å². The first-order chi connectivity index (χ1) is 9.49. The van der Waals surface area contributed by atoms with Gasteiger partial charge in [0.15, 0.2) is 0 Å². The van der Waals surface area contributed by atoms with Crippen LogP contribution < -0.4 is 10.1 Å². The average Bonchev–Trinajstić information content (AvgIpc) is 3.04. The molecule has 2 aromatic rings. The van der Waals surface area contributed by atoms with Crippen molar-refractivity contribution in [1.29, 1.82) is 0 Å². The fourth-order valence-corrected chi connectivity index (χ4v) is 2.19. The smallest absolute Gasteiger partial charge is 0.419 e. The van der Waals surface area contributed by atoms with Crippen LogP contribution in [0.5, 0.6) is 5.75 Å². The number of halogens is 3. The highest BCUT2D eigenvalue weighted by molar-refractivity contribution is 5.48. The molecule has 4 nitrogen and oxygen atoms in total. The minimum atomic E-state index is -4.39. The largest absolute Gasteiger partial charge is 0.491 e. The van der Waals surface area contributed by atoms with Crippen LogP contribution in [-0.4, -0.2) is 23.4 Å². The van der Waals surface area contributed by atoms with Gasteiger partial charge < -0.3 is 10.1 Å². The van der Waals surface area contributed by atoms with E-state index in [1.54, 1.807) is 12.1 Å². The van der Waals surface area contributed by atoms with E-state index in [0.717, 1.165) is 18.0 Å². The summed E-state index contributed by atoms with van der Waals surface area (Å²) in [4.78, 5) is 0. The molecule has 20 heavy (non-hydrogen) atoms. The normalized spacial score (nSPS) is 17.9. The van der Waals surface area contributed by atoms with Gasteiger partial charge >= 0.3 is 6.18 Å². The zero-order chi connectivity index (χ0) is 14.3. The molecule has 1 atom stereocenters. The number of ether oxygens (including phenoxy) is 1. The Bertz CT molecular complexity index is 636. The van der Waals surface area contributed by atoms with Gasteiger partial charge in [-0.2, -0.15) is 18.3 Å². The summed E-state index contributed by atoms with van der Waals surface area (Å²) in [7, 11) is 1.83. The van der Waals surface area contributed by atoms with Crippen molar-refractivity contribution in [2.24, 2.45) is 0 Å². The number of hydrogen-bond donors (Lipinski definition) is 1. The third-order valence-corrected chi connectivity index (χ3v) is 3.30. The summed E-state index contributed by atoms with van der Waals surface area (Å²) >= 11 is 0. The third kappa shape index (κ3) is 2.14. The molecule has 0 aliphatic carbocycles. The maximum Gasteiger partial charge on any atom is 0.419 e. The molecule has 7 heteroatoms. The van der Waals surface area contributed by atoms with Gasteiger partial charge in [0.05, 0.1) is 23.5 Å². The first-order valence-electron chi connectivity index (χ1n) is 6.05. The maximum atomic E-state index is 12.5. The van der Waals surface area contributed by atoms with Crippen molar-refractivity contribution in [3.05, 3.63) is 41.7 Å². The van der Waals surface area contributed by atoms with Crippen molar-refractivity contribution in [2.75, 3.05) is 13.7 Å². The summed E-state index contributed by atoms with van der Waals surface area (Å²) in [6, 6.07) is 5.38. The predicted octanol–water partition coefficient (Wildman–Crippen LogP) is 2.54. The Morgan fingerprint density at radius 2 is 2.20 bits per heavy atom. The van der Waals surface area contributed by atoms with Crippen molar-refractivity contribution in [3.8, 4) is 11.4 Å². The van der Waals surface area contributed by atoms with Gasteiger partial charge in [-0.1, -0.05) is 6.07 Å². The van der Waals surface area contributed by atoms with Gasteiger partial charge in [0, 0.05) is 17.8 Å². The number of alkyl halides is 3. The lowest BCUT2D eigenvalue weighted by molar-refractivity contribution is -0.137. The molecule has 3 rings (SSSR count). The number of likely N-dealkylation sites (N-methyl/N-ethyl adjacent to an activating group) is 1. The molecule has 2 heterocycles. The Balaban J connectivity index is 1.94. The van der Waals surface area contributed by atoms with Crippen LogP contribution >= 0.6 is 0 Å². The highest BCUT2D eigenvalue weighted by atomic mass is 19.4. The first-order valence-corrected chi connectivity index (χ1v) is 6.05. The zero-order valence-electron chi connectivity index (χ0n) is 10.6. The monoisotopic (exact) mass is 283 g/mol. The summed E-state index contributed by atoms with van der Waals surface area (Å²) < 4.78 is 44.3. The summed E-state index contributed by atoms with van der Waals surface area (Å²) in [5.74, 6) is 0.672. The molecular weight excluding hydrogens is 271 g/mol. The highest BCUT2D eigenvalue weighted by Crippen LogP contribution is 2.34. The van der Waals surface area contributed by atoms with E-state index >= 15 is 0 Å². The predicted molar refractivity (Wildman–Crippen MR) is 65.9 cm³/mol.